The molecule has 112 valence electrons. The maximum absolute atomic E-state index is 5.60. The van der Waals surface area contributed by atoms with Crippen molar-refractivity contribution in [1.82, 2.24) is 0 Å². The zero-order chi connectivity index (χ0) is 15.2. The Morgan fingerprint density at radius 3 is 2.35 bits per heavy atom. The van der Waals surface area contributed by atoms with Gasteiger partial charge in [0.2, 0.25) is 0 Å². The second-order valence-electron chi connectivity index (χ2n) is 4.07. The molecular weight excluding hydrogens is 250 g/mol. The first-order chi connectivity index (χ1) is 9.68. The van der Waals surface area contributed by atoms with Crippen molar-refractivity contribution in [2.24, 2.45) is 16.5 Å². The Bertz CT molecular complexity index is 384. The number of para-hydroxylation sites is 1. The highest BCUT2D eigenvalue weighted by Crippen LogP contribution is 2.15. The number of unbranched alkanes of at least 4 members (excludes halogenated alkanes) is 2. The number of allylic oxidation sites excluding steroid dienone is 1. The molecule has 0 unspecified atom stereocenters. The summed E-state index contributed by atoms with van der Waals surface area (Å²) in [6.45, 7) is 8.60. The predicted octanol–water partition coefficient (Wildman–Crippen LogP) is 3.44. The average molecular weight is 277 g/mol. The summed E-state index contributed by atoms with van der Waals surface area (Å²) >= 11 is 0. The number of hydrogen-bond donors (Lipinski definition) is 2. The summed E-state index contributed by atoms with van der Waals surface area (Å²) in [6.07, 6.45) is 3.94. The molecule has 0 aliphatic carbocycles. The van der Waals surface area contributed by atoms with E-state index >= 15 is 0 Å². The topological polar surface area (TPSA) is 73.6 Å². The van der Waals surface area contributed by atoms with Crippen LogP contribution in [0.5, 0.6) is 5.75 Å². The SMILES string of the molecule is C=C(CCCCCN=C(N)N)Oc1ccccc1.CC. The Kier molecular flexibility index (Phi) is 10.9. The van der Waals surface area contributed by atoms with Gasteiger partial charge in [-0.25, -0.2) is 0 Å². The fourth-order valence-corrected chi connectivity index (χ4v) is 1.53. The van der Waals surface area contributed by atoms with Crippen LogP contribution in [0.3, 0.4) is 0 Å². The molecule has 20 heavy (non-hydrogen) atoms. The lowest BCUT2D eigenvalue weighted by Crippen LogP contribution is -2.22. The van der Waals surface area contributed by atoms with Crippen molar-refractivity contribution in [2.45, 2.75) is 39.5 Å². The van der Waals surface area contributed by atoms with Crippen molar-refractivity contribution in [3.05, 3.63) is 42.7 Å². The van der Waals surface area contributed by atoms with Crippen molar-refractivity contribution < 1.29 is 4.74 Å². The van der Waals surface area contributed by atoms with E-state index in [1.54, 1.807) is 0 Å². The average Bonchev–Trinajstić information content (AvgIpc) is 2.45. The van der Waals surface area contributed by atoms with Gasteiger partial charge in [0.1, 0.15) is 5.75 Å². The molecule has 4 N–H and O–H groups in total. The van der Waals surface area contributed by atoms with E-state index in [1.165, 1.54) is 0 Å². The Morgan fingerprint density at radius 2 is 1.75 bits per heavy atom. The quantitative estimate of drug-likeness (QED) is 0.331. The van der Waals surface area contributed by atoms with E-state index in [1.807, 2.05) is 44.2 Å². The van der Waals surface area contributed by atoms with Crippen LogP contribution in [-0.2, 0) is 0 Å². The molecule has 0 saturated carbocycles. The molecular formula is C16H27N3O. The van der Waals surface area contributed by atoms with Gasteiger partial charge in [0.15, 0.2) is 5.96 Å². The zero-order valence-electron chi connectivity index (χ0n) is 12.6. The van der Waals surface area contributed by atoms with Crippen LogP contribution < -0.4 is 16.2 Å². The standard InChI is InChI=1S/C14H21N3O.C2H6/c1-12(18-13-9-5-2-6-10-13)8-4-3-7-11-17-14(15)16;1-2/h2,5-6,9-10H,1,3-4,7-8,11H2,(H4,15,16,17);1-2H3. The van der Waals surface area contributed by atoms with Gasteiger partial charge in [-0.05, 0) is 25.0 Å². The number of hydrogen-bond acceptors (Lipinski definition) is 2. The molecule has 1 aromatic rings. The first-order valence-corrected chi connectivity index (χ1v) is 7.14. The number of nitrogens with zero attached hydrogens (tertiary/aromatic N) is 1. The van der Waals surface area contributed by atoms with E-state index in [0.29, 0.717) is 6.54 Å². The smallest absolute Gasteiger partial charge is 0.185 e. The van der Waals surface area contributed by atoms with Crippen LogP contribution in [0.25, 0.3) is 0 Å². The molecule has 0 aliphatic rings. The van der Waals surface area contributed by atoms with Gasteiger partial charge < -0.3 is 16.2 Å². The van der Waals surface area contributed by atoms with E-state index in [0.717, 1.165) is 37.2 Å². The van der Waals surface area contributed by atoms with Crippen molar-refractivity contribution >= 4 is 5.96 Å². The lowest BCUT2D eigenvalue weighted by atomic mass is 10.2. The zero-order valence-corrected chi connectivity index (χ0v) is 12.6. The third kappa shape index (κ3) is 10.00. The van der Waals surface area contributed by atoms with Crippen LogP contribution in [0.1, 0.15) is 39.5 Å². The number of nitrogens with two attached hydrogens (primary N) is 2. The molecule has 0 amide bonds. The number of guanidine groups is 1. The summed E-state index contributed by atoms with van der Waals surface area (Å²) in [5, 5.41) is 0. The highest BCUT2D eigenvalue weighted by atomic mass is 16.5. The van der Waals surface area contributed by atoms with Crippen LogP contribution in [-0.4, -0.2) is 12.5 Å². The van der Waals surface area contributed by atoms with E-state index < -0.39 is 0 Å². The molecule has 0 aliphatic heterocycles. The number of benzene rings is 1. The van der Waals surface area contributed by atoms with E-state index in [9.17, 15) is 0 Å². The summed E-state index contributed by atoms with van der Waals surface area (Å²) in [4.78, 5) is 3.93. The van der Waals surface area contributed by atoms with Gasteiger partial charge in [-0.15, -0.1) is 0 Å². The van der Waals surface area contributed by atoms with Crippen LogP contribution in [0.4, 0.5) is 0 Å². The van der Waals surface area contributed by atoms with E-state index in [2.05, 4.69) is 11.6 Å². The molecule has 0 fully saturated rings. The maximum Gasteiger partial charge on any atom is 0.185 e. The van der Waals surface area contributed by atoms with Gasteiger partial charge in [0, 0.05) is 13.0 Å². The molecule has 0 bridgehead atoms. The number of aliphatic imine (C=N–C) groups is 1. The van der Waals surface area contributed by atoms with Gasteiger partial charge in [0.05, 0.1) is 5.76 Å². The Balaban J connectivity index is 0.00000172. The fourth-order valence-electron chi connectivity index (χ4n) is 1.53. The molecule has 0 aromatic heterocycles. The van der Waals surface area contributed by atoms with Crippen molar-refractivity contribution in [3.8, 4) is 5.75 Å². The van der Waals surface area contributed by atoms with Crippen LogP contribution in [0, 0.1) is 0 Å². The number of rotatable bonds is 8. The first-order valence-electron chi connectivity index (χ1n) is 7.14. The summed E-state index contributed by atoms with van der Waals surface area (Å²) in [7, 11) is 0. The van der Waals surface area contributed by atoms with Crippen molar-refractivity contribution in [2.75, 3.05) is 6.54 Å². The summed E-state index contributed by atoms with van der Waals surface area (Å²) in [5.74, 6) is 1.79. The molecule has 1 aromatic carbocycles. The minimum absolute atomic E-state index is 0.159. The van der Waals surface area contributed by atoms with Gasteiger partial charge in [-0.1, -0.05) is 45.0 Å². The minimum Gasteiger partial charge on any atom is -0.462 e. The third-order valence-corrected chi connectivity index (χ3v) is 2.41. The van der Waals surface area contributed by atoms with Crippen molar-refractivity contribution in [1.29, 1.82) is 0 Å². The third-order valence-electron chi connectivity index (χ3n) is 2.41. The fraction of sp³-hybridized carbons (Fsp3) is 0.438. The monoisotopic (exact) mass is 277 g/mol. The molecule has 0 atom stereocenters. The second-order valence-corrected chi connectivity index (χ2v) is 4.07. The summed E-state index contributed by atoms with van der Waals surface area (Å²) in [6, 6.07) is 9.68. The predicted molar refractivity (Wildman–Crippen MR) is 86.7 cm³/mol. The first kappa shape index (κ1) is 18.0. The molecule has 0 heterocycles. The lowest BCUT2D eigenvalue weighted by Gasteiger charge is -2.08. The van der Waals surface area contributed by atoms with Crippen molar-refractivity contribution in [3.63, 3.8) is 0 Å². The van der Waals surface area contributed by atoms with Crippen LogP contribution >= 0.6 is 0 Å². The van der Waals surface area contributed by atoms with Gasteiger partial charge >= 0.3 is 0 Å². The largest absolute Gasteiger partial charge is 0.462 e. The Hall–Kier alpha value is -1.97. The molecule has 0 radical (unpaired) electrons. The summed E-state index contributed by atoms with van der Waals surface area (Å²) in [5.41, 5.74) is 10.5. The molecule has 0 spiro atoms. The van der Waals surface area contributed by atoms with Gasteiger partial charge in [-0.2, -0.15) is 0 Å². The molecule has 4 heteroatoms. The Labute approximate surface area is 122 Å². The van der Waals surface area contributed by atoms with Gasteiger partial charge in [-0.3, -0.25) is 4.99 Å². The second kappa shape index (κ2) is 12.1. The van der Waals surface area contributed by atoms with E-state index in [-0.39, 0.29) is 5.96 Å². The van der Waals surface area contributed by atoms with Gasteiger partial charge in [0.25, 0.3) is 0 Å². The number of ether oxygens (including phenoxy) is 1. The summed E-state index contributed by atoms with van der Waals surface area (Å²) < 4.78 is 5.60. The molecule has 0 saturated heterocycles. The van der Waals surface area contributed by atoms with Crippen LogP contribution in [0.15, 0.2) is 47.7 Å². The molecule has 1 rings (SSSR count). The van der Waals surface area contributed by atoms with E-state index in [4.69, 9.17) is 16.2 Å². The van der Waals surface area contributed by atoms with Crippen LogP contribution in [0.2, 0.25) is 0 Å². The Morgan fingerprint density at radius 1 is 1.10 bits per heavy atom. The maximum atomic E-state index is 5.60. The lowest BCUT2D eigenvalue weighted by molar-refractivity contribution is 0.399. The highest BCUT2D eigenvalue weighted by molar-refractivity contribution is 5.75. The normalized spacial score (nSPS) is 9.10. The molecule has 4 nitrogen and oxygen atoms in total. The minimum atomic E-state index is 0.159. The highest BCUT2D eigenvalue weighted by Gasteiger charge is 1.98.